The highest BCUT2D eigenvalue weighted by atomic mass is 35.5. The first-order valence-electron chi connectivity index (χ1n) is 10.2. The molecule has 0 heterocycles. The van der Waals surface area contributed by atoms with Crippen LogP contribution in [0.4, 0.5) is 0 Å². The smallest absolute Gasteiger partial charge is 0.123 e. The zero-order chi connectivity index (χ0) is 20.2. The van der Waals surface area contributed by atoms with Gasteiger partial charge in [-0.1, -0.05) is 64.1 Å². The number of rotatable bonds is 8. The van der Waals surface area contributed by atoms with Crippen LogP contribution in [0.2, 0.25) is 0 Å². The Morgan fingerprint density at radius 3 is 2.00 bits per heavy atom. The van der Waals surface area contributed by atoms with E-state index >= 15 is 0 Å². The summed E-state index contributed by atoms with van der Waals surface area (Å²) in [6, 6.07) is 14.9. The van der Waals surface area contributed by atoms with E-state index < -0.39 is 5.54 Å². The monoisotopic (exact) mass is 421 g/mol. The van der Waals surface area contributed by atoms with Crippen molar-refractivity contribution >= 4 is 12.4 Å². The standard InChI is InChI=1S/C25H37NO.ClH.H2O/c1-17(2)15-20-11-10-14-24(22(20)16-18(3)4)27-19(5)21-12-8-9-13-23(21)25(6,7)26;;/h8-14,17-19H,15-16,26H2,1-7H3;1H;1H2. The number of ether oxygens (including phenoxy) is 1. The largest absolute Gasteiger partial charge is 0.486 e. The number of halogens is 1. The molecule has 0 saturated heterocycles. The van der Waals surface area contributed by atoms with Crippen LogP contribution in [0.5, 0.6) is 5.75 Å². The van der Waals surface area contributed by atoms with Crippen LogP contribution in [-0.4, -0.2) is 5.48 Å². The van der Waals surface area contributed by atoms with Crippen LogP contribution >= 0.6 is 12.4 Å². The molecule has 3 nitrogen and oxygen atoms in total. The number of hydrogen-bond donors (Lipinski definition) is 1. The summed E-state index contributed by atoms with van der Waals surface area (Å²) in [6.45, 7) is 15.3. The quantitative estimate of drug-likeness (QED) is 0.566. The van der Waals surface area contributed by atoms with Crippen LogP contribution in [0.25, 0.3) is 0 Å². The van der Waals surface area contributed by atoms with Gasteiger partial charge in [-0.15, -0.1) is 12.4 Å². The van der Waals surface area contributed by atoms with Gasteiger partial charge in [-0.25, -0.2) is 0 Å². The minimum absolute atomic E-state index is 0. The van der Waals surface area contributed by atoms with Crippen molar-refractivity contribution in [3.63, 3.8) is 0 Å². The van der Waals surface area contributed by atoms with Crippen LogP contribution < -0.4 is 10.5 Å². The Morgan fingerprint density at radius 2 is 1.45 bits per heavy atom. The van der Waals surface area contributed by atoms with Crippen LogP contribution in [0.15, 0.2) is 42.5 Å². The van der Waals surface area contributed by atoms with Crippen molar-refractivity contribution in [2.24, 2.45) is 17.6 Å². The van der Waals surface area contributed by atoms with Gasteiger partial charge in [0.2, 0.25) is 0 Å². The molecule has 0 amide bonds. The topological polar surface area (TPSA) is 66.8 Å². The molecule has 2 rings (SSSR count). The number of nitrogens with two attached hydrogens (primary N) is 1. The molecule has 29 heavy (non-hydrogen) atoms. The first kappa shape index (κ1) is 27.5. The summed E-state index contributed by atoms with van der Waals surface area (Å²) in [6.07, 6.45) is 2.07. The van der Waals surface area contributed by atoms with Gasteiger partial charge in [-0.05, 0) is 73.8 Å². The predicted molar refractivity (Wildman–Crippen MR) is 127 cm³/mol. The Kier molecular flexibility index (Phi) is 11.0. The van der Waals surface area contributed by atoms with Crippen LogP contribution in [0.3, 0.4) is 0 Å². The molecule has 1 atom stereocenters. The molecular formula is C25H40ClNO2. The van der Waals surface area contributed by atoms with Crippen LogP contribution in [0.1, 0.15) is 76.8 Å². The molecule has 4 heteroatoms. The summed E-state index contributed by atoms with van der Waals surface area (Å²) in [5.74, 6) is 2.23. The highest BCUT2D eigenvalue weighted by Gasteiger charge is 2.22. The molecule has 0 saturated carbocycles. The summed E-state index contributed by atoms with van der Waals surface area (Å²) >= 11 is 0. The fourth-order valence-corrected chi connectivity index (χ4v) is 3.68. The van der Waals surface area contributed by atoms with Gasteiger partial charge in [0.1, 0.15) is 11.9 Å². The van der Waals surface area contributed by atoms with E-state index in [1.165, 1.54) is 11.1 Å². The Bertz CT molecular complexity index is 751. The third-order valence-corrected chi connectivity index (χ3v) is 4.87. The molecule has 0 aliphatic rings. The normalized spacial score (nSPS) is 12.3. The summed E-state index contributed by atoms with van der Waals surface area (Å²) < 4.78 is 6.53. The first-order valence-corrected chi connectivity index (χ1v) is 10.2. The maximum Gasteiger partial charge on any atom is 0.123 e. The van der Waals surface area contributed by atoms with Crippen molar-refractivity contribution in [1.29, 1.82) is 0 Å². The van der Waals surface area contributed by atoms with E-state index in [-0.39, 0.29) is 24.0 Å². The van der Waals surface area contributed by atoms with Gasteiger partial charge in [-0.3, -0.25) is 0 Å². The van der Waals surface area contributed by atoms with E-state index in [1.807, 2.05) is 19.9 Å². The fraction of sp³-hybridized carbons (Fsp3) is 0.520. The summed E-state index contributed by atoms with van der Waals surface area (Å²) in [4.78, 5) is 0. The van der Waals surface area contributed by atoms with Gasteiger partial charge in [0.25, 0.3) is 0 Å². The summed E-state index contributed by atoms with van der Waals surface area (Å²) in [5, 5.41) is 0. The predicted octanol–water partition coefficient (Wildman–Crippen LogP) is 6.01. The third kappa shape index (κ3) is 7.65. The molecule has 0 spiro atoms. The van der Waals surface area contributed by atoms with Crippen molar-refractivity contribution in [2.75, 3.05) is 0 Å². The molecular weight excluding hydrogens is 382 g/mol. The van der Waals surface area contributed by atoms with E-state index in [4.69, 9.17) is 10.5 Å². The minimum Gasteiger partial charge on any atom is -0.486 e. The van der Waals surface area contributed by atoms with Crippen molar-refractivity contribution in [1.82, 2.24) is 0 Å². The molecule has 4 N–H and O–H groups in total. The van der Waals surface area contributed by atoms with Crippen molar-refractivity contribution in [2.45, 2.75) is 73.0 Å². The summed E-state index contributed by atoms with van der Waals surface area (Å²) in [5.41, 5.74) is 11.1. The fourth-order valence-electron chi connectivity index (χ4n) is 3.68. The molecule has 1 unspecified atom stereocenters. The zero-order valence-electron chi connectivity index (χ0n) is 19.1. The van der Waals surface area contributed by atoms with Crippen LogP contribution in [0, 0.1) is 11.8 Å². The third-order valence-electron chi connectivity index (χ3n) is 4.87. The molecule has 0 aliphatic carbocycles. The lowest BCUT2D eigenvalue weighted by molar-refractivity contribution is 0.220. The molecule has 0 fully saturated rings. The number of hydrogen-bond acceptors (Lipinski definition) is 2. The van der Waals surface area contributed by atoms with E-state index in [0.29, 0.717) is 11.8 Å². The maximum absolute atomic E-state index is 6.53. The van der Waals surface area contributed by atoms with Gasteiger partial charge < -0.3 is 15.9 Å². The average Bonchev–Trinajstić information content (AvgIpc) is 2.56. The second-order valence-electron chi connectivity index (χ2n) is 9.16. The Hall–Kier alpha value is -1.55. The number of benzene rings is 2. The van der Waals surface area contributed by atoms with E-state index in [9.17, 15) is 0 Å². The van der Waals surface area contributed by atoms with Gasteiger partial charge in [0.05, 0.1) is 0 Å². The van der Waals surface area contributed by atoms with E-state index in [0.717, 1.165) is 29.7 Å². The van der Waals surface area contributed by atoms with Gasteiger partial charge in [-0.2, -0.15) is 0 Å². The van der Waals surface area contributed by atoms with E-state index in [1.54, 1.807) is 0 Å². The molecule has 0 aromatic heterocycles. The lowest BCUT2D eigenvalue weighted by Crippen LogP contribution is -2.30. The highest BCUT2D eigenvalue weighted by molar-refractivity contribution is 5.85. The molecule has 0 bridgehead atoms. The molecule has 0 radical (unpaired) electrons. The van der Waals surface area contributed by atoms with Crippen LogP contribution in [-0.2, 0) is 18.4 Å². The molecule has 164 valence electrons. The van der Waals surface area contributed by atoms with Gasteiger partial charge >= 0.3 is 0 Å². The Labute approximate surface area is 183 Å². The SMILES string of the molecule is CC(C)Cc1cccc(OC(C)c2ccccc2C(C)(C)N)c1CC(C)C.Cl.O. The van der Waals surface area contributed by atoms with E-state index in [2.05, 4.69) is 71.0 Å². The molecule has 2 aromatic carbocycles. The minimum atomic E-state index is -0.394. The second kappa shape index (κ2) is 11.6. The first-order chi connectivity index (χ1) is 12.6. The summed E-state index contributed by atoms with van der Waals surface area (Å²) in [7, 11) is 0. The lowest BCUT2D eigenvalue weighted by Gasteiger charge is -2.27. The average molecular weight is 422 g/mol. The lowest BCUT2D eigenvalue weighted by atomic mass is 9.89. The van der Waals surface area contributed by atoms with Crippen molar-refractivity contribution in [3.05, 3.63) is 64.7 Å². The second-order valence-corrected chi connectivity index (χ2v) is 9.16. The van der Waals surface area contributed by atoms with Crippen molar-refractivity contribution < 1.29 is 10.2 Å². The van der Waals surface area contributed by atoms with Gasteiger partial charge in [0, 0.05) is 5.54 Å². The zero-order valence-corrected chi connectivity index (χ0v) is 19.9. The Morgan fingerprint density at radius 1 is 0.862 bits per heavy atom. The molecule has 0 aliphatic heterocycles. The highest BCUT2D eigenvalue weighted by Crippen LogP contribution is 2.33. The van der Waals surface area contributed by atoms with Crippen molar-refractivity contribution in [3.8, 4) is 5.75 Å². The maximum atomic E-state index is 6.53. The molecule has 2 aromatic rings. The van der Waals surface area contributed by atoms with Gasteiger partial charge in [0.15, 0.2) is 0 Å². The Balaban J connectivity index is 0.00000392.